The Hall–Kier alpha value is -1.34. The fourth-order valence-electron chi connectivity index (χ4n) is 1.02. The molecule has 1 aromatic rings. The highest BCUT2D eigenvalue weighted by Crippen LogP contribution is 2.20. The summed E-state index contributed by atoms with van der Waals surface area (Å²) in [5, 5.41) is 8.52. The van der Waals surface area contributed by atoms with Gasteiger partial charge < -0.3 is 5.11 Å². The summed E-state index contributed by atoms with van der Waals surface area (Å²) in [4.78, 5) is 10.2. The summed E-state index contributed by atoms with van der Waals surface area (Å²) in [6.07, 6.45) is -0.558. The van der Waals surface area contributed by atoms with Gasteiger partial charge in [-0.3, -0.25) is 9.52 Å². The van der Waals surface area contributed by atoms with Gasteiger partial charge in [-0.2, -0.15) is 0 Å². The number of halogens is 2. The molecule has 0 atom stereocenters. The molecule has 0 fully saturated rings. The molecule has 0 aliphatic rings. The summed E-state index contributed by atoms with van der Waals surface area (Å²) >= 11 is 5.58. The lowest BCUT2D eigenvalue weighted by atomic mass is 10.3. The molecule has 0 aliphatic heterocycles. The van der Waals surface area contributed by atoms with Crippen molar-refractivity contribution in [3.05, 3.63) is 29.0 Å². The minimum absolute atomic E-state index is 0.169. The number of carboxylic acids is 1. The maximum atomic E-state index is 13.2. The highest BCUT2D eigenvalue weighted by Gasteiger charge is 2.15. The Morgan fingerprint density at radius 2 is 2.12 bits per heavy atom. The lowest BCUT2D eigenvalue weighted by molar-refractivity contribution is -0.136. The van der Waals surface area contributed by atoms with Gasteiger partial charge in [0.15, 0.2) is 0 Å². The van der Waals surface area contributed by atoms with E-state index in [1.54, 1.807) is 0 Å². The van der Waals surface area contributed by atoms with Crippen LogP contribution >= 0.6 is 11.6 Å². The SMILES string of the molecule is O=C(O)CCS(=O)(=O)Nc1cc(Cl)ccc1F. The molecular weight excluding hydrogens is 273 g/mol. The number of carbonyl (C=O) groups is 1. The van der Waals surface area contributed by atoms with Crippen LogP contribution in [0.15, 0.2) is 18.2 Å². The molecule has 0 aromatic heterocycles. The highest BCUT2D eigenvalue weighted by molar-refractivity contribution is 7.92. The lowest BCUT2D eigenvalue weighted by Crippen LogP contribution is -2.19. The number of aliphatic carboxylic acids is 1. The van der Waals surface area contributed by atoms with E-state index in [9.17, 15) is 17.6 Å². The Morgan fingerprint density at radius 3 is 2.71 bits per heavy atom. The summed E-state index contributed by atoms with van der Waals surface area (Å²) < 4.78 is 37.9. The number of nitrogens with one attached hydrogen (secondary N) is 1. The third-order valence-corrected chi connectivity index (χ3v) is 3.29. The average Bonchev–Trinajstić information content (AvgIpc) is 2.20. The van der Waals surface area contributed by atoms with Crippen molar-refractivity contribution in [1.82, 2.24) is 0 Å². The second-order valence-corrected chi connectivity index (χ2v) is 5.47. The van der Waals surface area contributed by atoms with Gasteiger partial charge in [0.05, 0.1) is 17.9 Å². The molecular formula is C9H9ClFNO4S. The quantitative estimate of drug-likeness (QED) is 0.860. The Balaban J connectivity index is 2.83. The van der Waals surface area contributed by atoms with Crippen molar-refractivity contribution >= 4 is 33.3 Å². The van der Waals surface area contributed by atoms with Crippen molar-refractivity contribution in [3.63, 3.8) is 0 Å². The van der Waals surface area contributed by atoms with Gasteiger partial charge >= 0.3 is 5.97 Å². The maximum Gasteiger partial charge on any atom is 0.304 e. The molecule has 0 aliphatic carbocycles. The number of carboxylic acid groups (broad SMARTS) is 1. The third-order valence-electron chi connectivity index (χ3n) is 1.78. The molecule has 0 spiro atoms. The molecule has 0 saturated heterocycles. The summed E-state index contributed by atoms with van der Waals surface area (Å²) in [5.41, 5.74) is -0.303. The van der Waals surface area contributed by atoms with Gasteiger partial charge in [-0.25, -0.2) is 12.8 Å². The van der Waals surface area contributed by atoms with Crippen LogP contribution in [0.2, 0.25) is 5.02 Å². The highest BCUT2D eigenvalue weighted by atomic mass is 35.5. The van der Waals surface area contributed by atoms with Crippen molar-refractivity contribution in [2.45, 2.75) is 6.42 Å². The van der Waals surface area contributed by atoms with Crippen molar-refractivity contribution < 1.29 is 22.7 Å². The number of benzene rings is 1. The summed E-state index contributed by atoms with van der Waals surface area (Å²) in [7, 11) is -3.90. The van der Waals surface area contributed by atoms with Crippen LogP contribution < -0.4 is 4.72 Å². The average molecular weight is 282 g/mol. The lowest BCUT2D eigenvalue weighted by Gasteiger charge is -2.08. The molecule has 0 amide bonds. The van der Waals surface area contributed by atoms with Gasteiger partial charge in [-0.1, -0.05) is 11.6 Å². The molecule has 0 radical (unpaired) electrons. The van der Waals surface area contributed by atoms with Crippen LogP contribution in [0, 0.1) is 5.82 Å². The van der Waals surface area contributed by atoms with E-state index in [1.165, 1.54) is 6.07 Å². The number of hydrogen-bond donors (Lipinski definition) is 2. The van der Waals surface area contributed by atoms with Gasteiger partial charge in [0.25, 0.3) is 0 Å². The zero-order chi connectivity index (χ0) is 13.1. The largest absolute Gasteiger partial charge is 0.481 e. The number of anilines is 1. The predicted molar refractivity (Wildman–Crippen MR) is 61.1 cm³/mol. The van der Waals surface area contributed by atoms with E-state index in [0.29, 0.717) is 0 Å². The zero-order valence-corrected chi connectivity index (χ0v) is 10.1. The van der Waals surface area contributed by atoms with Crippen LogP contribution in [0.1, 0.15) is 6.42 Å². The second-order valence-electron chi connectivity index (χ2n) is 3.19. The molecule has 0 saturated carbocycles. The Morgan fingerprint density at radius 1 is 1.47 bits per heavy atom. The minimum atomic E-state index is -3.90. The van der Waals surface area contributed by atoms with E-state index in [1.807, 2.05) is 4.72 Å². The van der Waals surface area contributed by atoms with Crippen LogP contribution in [0.3, 0.4) is 0 Å². The van der Waals surface area contributed by atoms with Gasteiger partial charge in [0.2, 0.25) is 10.0 Å². The Kier molecular flexibility index (Phi) is 4.30. The van der Waals surface area contributed by atoms with E-state index < -0.39 is 34.0 Å². The number of sulfonamides is 1. The Labute approximate surface area is 102 Å². The Bertz CT molecular complexity index is 532. The first-order valence-corrected chi connectivity index (χ1v) is 6.50. The summed E-state index contributed by atoms with van der Waals surface area (Å²) in [6.45, 7) is 0. The first kappa shape index (κ1) is 13.7. The molecule has 2 N–H and O–H groups in total. The normalized spacial score (nSPS) is 11.2. The van der Waals surface area contributed by atoms with E-state index in [-0.39, 0.29) is 10.7 Å². The predicted octanol–water partition coefficient (Wildman–Crippen LogP) is 1.70. The molecule has 1 aromatic carbocycles. The number of rotatable bonds is 5. The molecule has 0 bridgehead atoms. The van der Waals surface area contributed by atoms with Crippen LogP contribution in [-0.4, -0.2) is 25.2 Å². The van der Waals surface area contributed by atoms with Crippen molar-refractivity contribution in [3.8, 4) is 0 Å². The standard InChI is InChI=1S/C9H9ClFNO4S/c10-6-1-2-7(11)8(5-6)12-17(15,16)4-3-9(13)14/h1-2,5,12H,3-4H2,(H,13,14). The molecule has 8 heteroatoms. The van der Waals surface area contributed by atoms with Crippen LogP contribution in [0.4, 0.5) is 10.1 Å². The molecule has 5 nitrogen and oxygen atoms in total. The van der Waals surface area contributed by atoms with Crippen molar-refractivity contribution in [2.24, 2.45) is 0 Å². The fourth-order valence-corrected chi connectivity index (χ4v) is 2.22. The fraction of sp³-hybridized carbons (Fsp3) is 0.222. The maximum absolute atomic E-state index is 13.2. The molecule has 1 rings (SSSR count). The summed E-state index contributed by atoms with van der Waals surface area (Å²) in [5.74, 6) is -2.66. The van der Waals surface area contributed by atoms with Gasteiger partial charge in [0, 0.05) is 5.02 Å². The molecule has 0 unspecified atom stereocenters. The van der Waals surface area contributed by atoms with Crippen molar-refractivity contribution in [1.29, 1.82) is 0 Å². The number of hydrogen-bond acceptors (Lipinski definition) is 3. The van der Waals surface area contributed by atoms with E-state index in [2.05, 4.69) is 0 Å². The van der Waals surface area contributed by atoms with Crippen molar-refractivity contribution in [2.75, 3.05) is 10.5 Å². The van der Waals surface area contributed by atoms with Gasteiger partial charge in [-0.15, -0.1) is 0 Å². The van der Waals surface area contributed by atoms with Crippen LogP contribution in [0.25, 0.3) is 0 Å². The second kappa shape index (κ2) is 5.33. The van der Waals surface area contributed by atoms with Crippen LogP contribution in [0.5, 0.6) is 0 Å². The molecule has 94 valence electrons. The monoisotopic (exact) mass is 281 g/mol. The topological polar surface area (TPSA) is 83.5 Å². The first-order valence-electron chi connectivity index (χ1n) is 4.47. The van der Waals surface area contributed by atoms with Crippen LogP contribution in [-0.2, 0) is 14.8 Å². The van der Waals surface area contributed by atoms with E-state index in [0.717, 1.165) is 12.1 Å². The summed E-state index contributed by atoms with van der Waals surface area (Å²) in [6, 6.07) is 3.39. The van der Waals surface area contributed by atoms with Gasteiger partial charge in [-0.05, 0) is 18.2 Å². The van der Waals surface area contributed by atoms with E-state index >= 15 is 0 Å². The smallest absolute Gasteiger partial charge is 0.304 e. The minimum Gasteiger partial charge on any atom is -0.481 e. The van der Waals surface area contributed by atoms with Gasteiger partial charge in [0.1, 0.15) is 5.82 Å². The first-order chi connectivity index (χ1) is 7.80. The van der Waals surface area contributed by atoms with E-state index in [4.69, 9.17) is 16.7 Å². The molecule has 17 heavy (non-hydrogen) atoms. The third kappa shape index (κ3) is 4.58. The zero-order valence-electron chi connectivity index (χ0n) is 8.48. The molecule has 0 heterocycles.